The average molecular weight is 296 g/mol. The van der Waals surface area contributed by atoms with E-state index in [1.54, 1.807) is 13.2 Å². The van der Waals surface area contributed by atoms with Crippen molar-refractivity contribution in [1.82, 2.24) is 0 Å². The largest absolute Gasteiger partial charge is 0.497 e. The van der Waals surface area contributed by atoms with Crippen molar-refractivity contribution in [2.75, 3.05) is 13.9 Å². The number of fused-ring (bicyclic) bond motifs is 2. The predicted octanol–water partition coefficient (Wildman–Crippen LogP) is 3.20. The molecule has 22 heavy (non-hydrogen) atoms. The molecule has 5 nitrogen and oxygen atoms in total. The average Bonchev–Trinajstić information content (AvgIpc) is 2.99. The van der Waals surface area contributed by atoms with Gasteiger partial charge in [-0.3, -0.25) is 0 Å². The van der Waals surface area contributed by atoms with E-state index in [1.807, 2.05) is 30.3 Å². The zero-order chi connectivity index (χ0) is 15.1. The SMILES string of the molecule is COc1ccc(-c2cc(=O)oc3cc4c(cc23)OCO4)cc1. The summed E-state index contributed by atoms with van der Waals surface area (Å²) in [5.41, 5.74) is 1.75. The molecule has 0 bridgehead atoms. The number of benzene rings is 2. The molecule has 5 heteroatoms. The first kappa shape index (κ1) is 12.8. The minimum absolute atomic E-state index is 0.174. The topological polar surface area (TPSA) is 57.9 Å². The summed E-state index contributed by atoms with van der Waals surface area (Å²) in [6.07, 6.45) is 0. The van der Waals surface area contributed by atoms with Crippen LogP contribution in [0.4, 0.5) is 0 Å². The molecule has 0 saturated carbocycles. The molecule has 2 heterocycles. The Kier molecular flexibility index (Phi) is 2.79. The molecule has 0 atom stereocenters. The molecule has 0 aliphatic carbocycles. The Morgan fingerprint density at radius 1 is 1.00 bits per heavy atom. The van der Waals surface area contributed by atoms with E-state index in [-0.39, 0.29) is 6.79 Å². The van der Waals surface area contributed by atoms with Crippen LogP contribution in [0.1, 0.15) is 0 Å². The predicted molar refractivity (Wildman–Crippen MR) is 80.6 cm³/mol. The van der Waals surface area contributed by atoms with Crippen molar-refractivity contribution >= 4 is 11.0 Å². The second-order valence-electron chi connectivity index (χ2n) is 4.91. The molecule has 0 saturated heterocycles. The third-order valence-electron chi connectivity index (χ3n) is 3.64. The molecular formula is C17H12O5. The highest BCUT2D eigenvalue weighted by Crippen LogP contribution is 2.39. The van der Waals surface area contributed by atoms with E-state index in [9.17, 15) is 4.79 Å². The van der Waals surface area contributed by atoms with E-state index in [0.29, 0.717) is 17.1 Å². The first-order chi connectivity index (χ1) is 10.7. The lowest BCUT2D eigenvalue weighted by atomic mass is 10.0. The number of hydrogen-bond acceptors (Lipinski definition) is 5. The van der Waals surface area contributed by atoms with Gasteiger partial charge in [-0.1, -0.05) is 12.1 Å². The summed E-state index contributed by atoms with van der Waals surface area (Å²) in [6.45, 7) is 0.174. The van der Waals surface area contributed by atoms with E-state index in [2.05, 4.69) is 0 Å². The molecule has 0 spiro atoms. The van der Waals surface area contributed by atoms with Crippen LogP contribution in [0, 0.1) is 0 Å². The van der Waals surface area contributed by atoms with Crippen molar-refractivity contribution < 1.29 is 18.6 Å². The van der Waals surface area contributed by atoms with Gasteiger partial charge in [-0.2, -0.15) is 0 Å². The molecule has 4 rings (SSSR count). The van der Waals surface area contributed by atoms with Crippen molar-refractivity contribution in [3.8, 4) is 28.4 Å². The molecule has 0 unspecified atom stereocenters. The fourth-order valence-electron chi connectivity index (χ4n) is 2.56. The van der Waals surface area contributed by atoms with Crippen LogP contribution in [-0.4, -0.2) is 13.9 Å². The molecule has 3 aromatic rings. The van der Waals surface area contributed by atoms with Crippen molar-refractivity contribution in [2.45, 2.75) is 0 Å². The smallest absolute Gasteiger partial charge is 0.336 e. The zero-order valence-electron chi connectivity index (χ0n) is 11.8. The highest BCUT2D eigenvalue weighted by Gasteiger charge is 2.18. The summed E-state index contributed by atoms with van der Waals surface area (Å²) < 4.78 is 21.2. The quantitative estimate of drug-likeness (QED) is 0.680. The van der Waals surface area contributed by atoms with Gasteiger partial charge in [0, 0.05) is 17.5 Å². The van der Waals surface area contributed by atoms with Crippen LogP contribution in [0.2, 0.25) is 0 Å². The molecule has 0 amide bonds. The van der Waals surface area contributed by atoms with E-state index in [0.717, 1.165) is 22.3 Å². The van der Waals surface area contributed by atoms with Gasteiger partial charge >= 0.3 is 5.63 Å². The second-order valence-corrected chi connectivity index (χ2v) is 4.91. The summed E-state index contributed by atoms with van der Waals surface area (Å²) in [4.78, 5) is 11.8. The van der Waals surface area contributed by atoms with Crippen LogP contribution >= 0.6 is 0 Å². The van der Waals surface area contributed by atoms with Gasteiger partial charge in [-0.05, 0) is 29.3 Å². The van der Waals surface area contributed by atoms with Gasteiger partial charge in [0.05, 0.1) is 7.11 Å². The monoisotopic (exact) mass is 296 g/mol. The molecule has 2 aromatic carbocycles. The number of rotatable bonds is 2. The Morgan fingerprint density at radius 3 is 2.45 bits per heavy atom. The number of ether oxygens (including phenoxy) is 3. The van der Waals surface area contributed by atoms with Gasteiger partial charge in [-0.25, -0.2) is 4.79 Å². The van der Waals surface area contributed by atoms with Crippen LogP contribution in [0.5, 0.6) is 17.2 Å². The lowest BCUT2D eigenvalue weighted by molar-refractivity contribution is 0.174. The third kappa shape index (κ3) is 1.98. The van der Waals surface area contributed by atoms with Crippen LogP contribution in [-0.2, 0) is 0 Å². The standard InChI is InChI=1S/C17H12O5/c1-19-11-4-2-10(3-5-11)12-7-17(18)22-14-8-16-15(6-13(12)14)20-9-21-16/h2-8H,9H2,1H3. The molecule has 0 N–H and O–H groups in total. The fraction of sp³-hybridized carbons (Fsp3) is 0.118. The van der Waals surface area contributed by atoms with E-state index < -0.39 is 5.63 Å². The van der Waals surface area contributed by atoms with Crippen molar-refractivity contribution in [3.05, 3.63) is 52.9 Å². The Labute approximate surface area is 125 Å². The summed E-state index contributed by atoms with van der Waals surface area (Å²) in [5, 5.41) is 0.800. The maximum atomic E-state index is 11.8. The van der Waals surface area contributed by atoms with E-state index >= 15 is 0 Å². The summed E-state index contributed by atoms with van der Waals surface area (Å²) in [5.74, 6) is 1.99. The number of hydrogen-bond donors (Lipinski definition) is 0. The van der Waals surface area contributed by atoms with Gasteiger partial charge < -0.3 is 18.6 Å². The molecule has 0 fully saturated rings. The van der Waals surface area contributed by atoms with Crippen molar-refractivity contribution in [3.63, 3.8) is 0 Å². The van der Waals surface area contributed by atoms with Crippen LogP contribution in [0.15, 0.2) is 51.7 Å². The lowest BCUT2D eigenvalue weighted by Gasteiger charge is -2.07. The van der Waals surface area contributed by atoms with Crippen LogP contribution < -0.4 is 19.8 Å². The molecule has 0 radical (unpaired) electrons. The Balaban J connectivity index is 1.97. The van der Waals surface area contributed by atoms with Crippen LogP contribution in [0.25, 0.3) is 22.1 Å². The molecule has 1 aliphatic heterocycles. The minimum atomic E-state index is -0.405. The normalized spacial score (nSPS) is 12.6. The zero-order valence-corrected chi connectivity index (χ0v) is 11.8. The molecule has 1 aromatic heterocycles. The van der Waals surface area contributed by atoms with Gasteiger partial charge in [0.1, 0.15) is 11.3 Å². The highest BCUT2D eigenvalue weighted by molar-refractivity contribution is 5.95. The molecular weight excluding hydrogens is 284 g/mol. The Hall–Kier alpha value is -2.95. The lowest BCUT2D eigenvalue weighted by Crippen LogP contribution is -1.98. The summed E-state index contributed by atoms with van der Waals surface area (Å²) in [7, 11) is 1.61. The molecule has 110 valence electrons. The van der Waals surface area contributed by atoms with Crippen molar-refractivity contribution in [1.29, 1.82) is 0 Å². The summed E-state index contributed by atoms with van der Waals surface area (Å²) in [6, 6.07) is 12.5. The molecule has 1 aliphatic rings. The second kappa shape index (κ2) is 4.80. The van der Waals surface area contributed by atoms with Crippen molar-refractivity contribution in [2.24, 2.45) is 0 Å². The number of methoxy groups -OCH3 is 1. The van der Waals surface area contributed by atoms with E-state index in [1.165, 1.54) is 6.07 Å². The van der Waals surface area contributed by atoms with Gasteiger partial charge in [0.25, 0.3) is 0 Å². The summed E-state index contributed by atoms with van der Waals surface area (Å²) >= 11 is 0. The minimum Gasteiger partial charge on any atom is -0.497 e. The maximum Gasteiger partial charge on any atom is 0.336 e. The van der Waals surface area contributed by atoms with Crippen LogP contribution in [0.3, 0.4) is 0 Å². The fourth-order valence-corrected chi connectivity index (χ4v) is 2.56. The highest BCUT2D eigenvalue weighted by atomic mass is 16.7. The van der Waals surface area contributed by atoms with E-state index in [4.69, 9.17) is 18.6 Å². The first-order valence-electron chi connectivity index (χ1n) is 6.76. The first-order valence-corrected chi connectivity index (χ1v) is 6.76. The Bertz CT molecular complexity index is 909. The Morgan fingerprint density at radius 2 is 1.73 bits per heavy atom. The third-order valence-corrected chi connectivity index (χ3v) is 3.64. The van der Waals surface area contributed by atoms with Gasteiger partial charge in [0.2, 0.25) is 6.79 Å². The maximum absolute atomic E-state index is 11.8. The van der Waals surface area contributed by atoms with Gasteiger partial charge in [-0.15, -0.1) is 0 Å². The van der Waals surface area contributed by atoms with Gasteiger partial charge in [0.15, 0.2) is 11.5 Å².